The monoisotopic (exact) mass is 229 g/mol. The van der Waals surface area contributed by atoms with E-state index in [-0.39, 0.29) is 5.78 Å². The van der Waals surface area contributed by atoms with E-state index < -0.39 is 5.92 Å². The van der Waals surface area contributed by atoms with E-state index in [4.69, 9.17) is 0 Å². The summed E-state index contributed by atoms with van der Waals surface area (Å²) >= 11 is 0. The Morgan fingerprint density at radius 3 is 2.53 bits per heavy atom. The fourth-order valence-electron chi connectivity index (χ4n) is 1.91. The van der Waals surface area contributed by atoms with Crippen molar-refractivity contribution >= 4 is 5.78 Å². The highest BCUT2D eigenvalue weighted by molar-refractivity contribution is 5.88. The number of benzene rings is 1. The lowest BCUT2D eigenvalue weighted by Crippen LogP contribution is -2.14. The van der Waals surface area contributed by atoms with Gasteiger partial charge in [0, 0.05) is 6.42 Å². The van der Waals surface area contributed by atoms with Crippen LogP contribution in [-0.4, -0.2) is 5.78 Å². The minimum atomic E-state index is -0.614. The van der Waals surface area contributed by atoms with Crippen LogP contribution in [0.4, 0.5) is 0 Å². The molecule has 0 aliphatic heterocycles. The topological polar surface area (TPSA) is 40.9 Å². The molecule has 0 heterocycles. The summed E-state index contributed by atoms with van der Waals surface area (Å²) in [7, 11) is 0. The van der Waals surface area contributed by atoms with Crippen molar-refractivity contribution in [3.63, 3.8) is 0 Å². The van der Waals surface area contributed by atoms with Crippen molar-refractivity contribution in [2.24, 2.45) is 5.92 Å². The lowest BCUT2D eigenvalue weighted by Gasteiger charge is -2.13. The molecule has 0 aliphatic rings. The molecule has 1 unspecified atom stereocenters. The second kappa shape index (κ2) is 5.63. The molecule has 2 nitrogen and oxygen atoms in total. The van der Waals surface area contributed by atoms with Gasteiger partial charge in [0.2, 0.25) is 0 Å². The zero-order chi connectivity index (χ0) is 13.0. The molecule has 0 amide bonds. The van der Waals surface area contributed by atoms with Gasteiger partial charge in [-0.1, -0.05) is 37.6 Å². The number of carbonyl (C=O) groups is 1. The van der Waals surface area contributed by atoms with E-state index in [1.54, 1.807) is 0 Å². The number of hydrogen-bond acceptors (Lipinski definition) is 2. The zero-order valence-corrected chi connectivity index (χ0v) is 10.9. The summed E-state index contributed by atoms with van der Waals surface area (Å²) in [6.07, 6.45) is 0.464. The summed E-state index contributed by atoms with van der Waals surface area (Å²) in [4.78, 5) is 12.0. The Hall–Kier alpha value is -1.62. The van der Waals surface area contributed by atoms with Crippen molar-refractivity contribution in [3.8, 4) is 6.07 Å². The third kappa shape index (κ3) is 3.42. The Morgan fingerprint density at radius 2 is 2.00 bits per heavy atom. The van der Waals surface area contributed by atoms with Crippen molar-refractivity contribution in [3.05, 3.63) is 34.9 Å². The van der Waals surface area contributed by atoms with E-state index in [1.807, 2.05) is 45.9 Å². The summed E-state index contributed by atoms with van der Waals surface area (Å²) in [6.45, 7) is 7.91. The minimum absolute atomic E-state index is 0.0243. The van der Waals surface area contributed by atoms with Crippen LogP contribution in [0, 0.1) is 31.1 Å². The predicted molar refractivity (Wildman–Crippen MR) is 68.7 cm³/mol. The van der Waals surface area contributed by atoms with Gasteiger partial charge in [-0.3, -0.25) is 4.79 Å². The minimum Gasteiger partial charge on any atom is -0.298 e. The number of aryl methyl sites for hydroxylation is 2. The maximum Gasteiger partial charge on any atom is 0.154 e. The molecule has 0 radical (unpaired) electrons. The molecule has 0 aliphatic carbocycles. The molecule has 0 spiro atoms. The molecule has 17 heavy (non-hydrogen) atoms. The first-order valence-electron chi connectivity index (χ1n) is 5.95. The smallest absolute Gasteiger partial charge is 0.154 e. The predicted octanol–water partition coefficient (Wildman–Crippen LogP) is 3.53. The number of ketones is 1. The average Bonchev–Trinajstić information content (AvgIpc) is 2.23. The third-order valence-electron chi connectivity index (χ3n) is 2.81. The van der Waals surface area contributed by atoms with Gasteiger partial charge in [0.15, 0.2) is 5.78 Å². The first-order chi connectivity index (χ1) is 7.95. The molecule has 0 saturated carbocycles. The van der Waals surface area contributed by atoms with Crippen molar-refractivity contribution in [1.82, 2.24) is 0 Å². The van der Waals surface area contributed by atoms with Gasteiger partial charge in [0.1, 0.15) is 5.92 Å². The average molecular weight is 229 g/mol. The molecule has 90 valence electrons. The van der Waals surface area contributed by atoms with Gasteiger partial charge >= 0.3 is 0 Å². The number of nitrogens with zero attached hydrogens (tertiary/aromatic N) is 1. The SMILES string of the molecule is Cc1ccc(C)c(C(C#N)C(=O)CC(C)C)c1. The molecule has 0 bridgehead atoms. The molecule has 1 rings (SSSR count). The van der Waals surface area contributed by atoms with Crippen LogP contribution in [0.2, 0.25) is 0 Å². The Bertz CT molecular complexity index is 454. The Balaban J connectivity index is 3.06. The highest BCUT2D eigenvalue weighted by Gasteiger charge is 2.22. The van der Waals surface area contributed by atoms with Crippen molar-refractivity contribution < 1.29 is 4.79 Å². The van der Waals surface area contributed by atoms with E-state index in [0.29, 0.717) is 12.3 Å². The number of hydrogen-bond donors (Lipinski definition) is 0. The highest BCUT2D eigenvalue weighted by Crippen LogP contribution is 2.24. The Morgan fingerprint density at radius 1 is 1.35 bits per heavy atom. The summed E-state index contributed by atoms with van der Waals surface area (Å²) in [5, 5.41) is 9.21. The van der Waals surface area contributed by atoms with Crippen LogP contribution in [0.15, 0.2) is 18.2 Å². The van der Waals surface area contributed by atoms with Crippen LogP contribution in [0.3, 0.4) is 0 Å². The fraction of sp³-hybridized carbons (Fsp3) is 0.467. The standard InChI is InChI=1S/C15H19NO/c1-10(2)7-15(17)14(9-16)13-8-11(3)5-6-12(13)4/h5-6,8,10,14H,7H2,1-4H3. The first kappa shape index (κ1) is 13.4. The molecular weight excluding hydrogens is 210 g/mol. The van der Waals surface area contributed by atoms with E-state index >= 15 is 0 Å². The number of Topliss-reactive ketones (excluding diaryl/α,β-unsaturated/α-hetero) is 1. The lowest BCUT2D eigenvalue weighted by atomic mass is 9.88. The van der Waals surface area contributed by atoms with E-state index in [0.717, 1.165) is 16.7 Å². The van der Waals surface area contributed by atoms with Gasteiger partial charge in [0.05, 0.1) is 6.07 Å². The van der Waals surface area contributed by atoms with Crippen molar-refractivity contribution in [2.75, 3.05) is 0 Å². The third-order valence-corrected chi connectivity index (χ3v) is 2.81. The summed E-state index contributed by atoms with van der Waals surface area (Å²) in [6, 6.07) is 8.06. The Kier molecular flexibility index (Phi) is 4.45. The second-order valence-electron chi connectivity index (χ2n) is 4.99. The van der Waals surface area contributed by atoms with Crippen molar-refractivity contribution in [2.45, 2.75) is 40.0 Å². The van der Waals surface area contributed by atoms with E-state index in [1.165, 1.54) is 0 Å². The molecule has 0 saturated heterocycles. The van der Waals surface area contributed by atoms with Crippen LogP contribution >= 0.6 is 0 Å². The highest BCUT2D eigenvalue weighted by atomic mass is 16.1. The van der Waals surface area contributed by atoms with Crippen LogP contribution in [-0.2, 0) is 4.79 Å². The van der Waals surface area contributed by atoms with E-state index in [9.17, 15) is 10.1 Å². The second-order valence-corrected chi connectivity index (χ2v) is 4.99. The van der Waals surface area contributed by atoms with Gasteiger partial charge in [-0.2, -0.15) is 5.26 Å². The fourth-order valence-corrected chi connectivity index (χ4v) is 1.91. The van der Waals surface area contributed by atoms with Gasteiger partial charge < -0.3 is 0 Å². The van der Waals surface area contributed by atoms with Gasteiger partial charge in [0.25, 0.3) is 0 Å². The molecule has 0 N–H and O–H groups in total. The quantitative estimate of drug-likeness (QED) is 0.792. The van der Waals surface area contributed by atoms with Crippen LogP contribution < -0.4 is 0 Å². The zero-order valence-electron chi connectivity index (χ0n) is 10.9. The molecule has 1 atom stereocenters. The normalized spacial score (nSPS) is 12.2. The van der Waals surface area contributed by atoms with Crippen molar-refractivity contribution in [1.29, 1.82) is 5.26 Å². The molecule has 1 aromatic rings. The summed E-state index contributed by atoms with van der Waals surface area (Å²) < 4.78 is 0. The number of rotatable bonds is 4. The molecular formula is C15H19NO. The van der Waals surface area contributed by atoms with Crippen LogP contribution in [0.5, 0.6) is 0 Å². The molecule has 2 heteroatoms. The van der Waals surface area contributed by atoms with E-state index in [2.05, 4.69) is 6.07 Å². The molecule has 0 aromatic heterocycles. The van der Waals surface area contributed by atoms with Crippen LogP contribution in [0.25, 0.3) is 0 Å². The summed E-state index contributed by atoms with van der Waals surface area (Å²) in [5.41, 5.74) is 2.96. The molecule has 1 aromatic carbocycles. The number of carbonyl (C=O) groups excluding carboxylic acids is 1. The summed E-state index contributed by atoms with van der Waals surface area (Å²) in [5.74, 6) is -0.294. The first-order valence-corrected chi connectivity index (χ1v) is 5.95. The van der Waals surface area contributed by atoms with Gasteiger partial charge in [-0.05, 0) is 30.9 Å². The maximum absolute atomic E-state index is 12.0. The lowest BCUT2D eigenvalue weighted by molar-refractivity contribution is -0.120. The van der Waals surface area contributed by atoms with Crippen LogP contribution in [0.1, 0.15) is 42.9 Å². The Labute approximate surface area is 103 Å². The number of nitriles is 1. The molecule has 0 fully saturated rings. The maximum atomic E-state index is 12.0. The van der Waals surface area contributed by atoms with Gasteiger partial charge in [-0.25, -0.2) is 0 Å². The largest absolute Gasteiger partial charge is 0.298 e. The van der Waals surface area contributed by atoms with Gasteiger partial charge in [-0.15, -0.1) is 0 Å².